The Balaban J connectivity index is 3.01. The van der Waals surface area contributed by atoms with E-state index in [0.29, 0.717) is 11.1 Å². The van der Waals surface area contributed by atoms with Crippen LogP contribution in [0.4, 0.5) is 0 Å². The van der Waals surface area contributed by atoms with E-state index in [1.54, 1.807) is 12.1 Å². The van der Waals surface area contributed by atoms with E-state index in [1.807, 2.05) is 17.9 Å². The molecular formula is C15H21BrClNO. The summed E-state index contributed by atoms with van der Waals surface area (Å²) in [7, 11) is 0. The van der Waals surface area contributed by atoms with Crippen molar-refractivity contribution in [2.24, 2.45) is 0 Å². The topological polar surface area (TPSA) is 20.3 Å². The van der Waals surface area contributed by atoms with Crippen LogP contribution in [0.1, 0.15) is 42.6 Å². The summed E-state index contributed by atoms with van der Waals surface area (Å²) in [6, 6.07) is 5.76. The Labute approximate surface area is 129 Å². The zero-order valence-electron chi connectivity index (χ0n) is 11.7. The van der Waals surface area contributed by atoms with Gasteiger partial charge >= 0.3 is 0 Å². The third kappa shape index (κ3) is 4.22. The minimum atomic E-state index is 0.0907. The zero-order valence-corrected chi connectivity index (χ0v) is 14.1. The van der Waals surface area contributed by atoms with Gasteiger partial charge in [-0.3, -0.25) is 4.79 Å². The van der Waals surface area contributed by atoms with E-state index < -0.39 is 0 Å². The summed E-state index contributed by atoms with van der Waals surface area (Å²) in [5.74, 6) is 0.0907. The summed E-state index contributed by atoms with van der Waals surface area (Å²) in [6.07, 6.45) is 1.95. The molecule has 0 bridgehead atoms. The number of carbonyl (C=O) groups excluding carboxylic acids is 1. The predicted molar refractivity (Wildman–Crippen MR) is 85.4 cm³/mol. The van der Waals surface area contributed by atoms with E-state index in [2.05, 4.69) is 29.8 Å². The van der Waals surface area contributed by atoms with Gasteiger partial charge < -0.3 is 4.90 Å². The first kappa shape index (κ1) is 16.5. The van der Waals surface area contributed by atoms with Crippen molar-refractivity contribution in [2.75, 3.05) is 11.9 Å². The molecule has 0 aliphatic carbocycles. The van der Waals surface area contributed by atoms with Crippen molar-refractivity contribution < 1.29 is 4.79 Å². The summed E-state index contributed by atoms with van der Waals surface area (Å²) in [6.45, 7) is 6.89. The third-order valence-electron chi connectivity index (χ3n) is 3.37. The van der Waals surface area contributed by atoms with Crippen LogP contribution in [-0.2, 0) is 0 Å². The fourth-order valence-corrected chi connectivity index (χ4v) is 2.71. The number of halogens is 2. The Morgan fingerprint density at radius 1 is 1.37 bits per heavy atom. The molecule has 0 N–H and O–H groups in total. The highest BCUT2D eigenvalue weighted by Crippen LogP contribution is 2.19. The number of nitrogens with zero attached hydrogens (tertiary/aromatic N) is 1. The van der Waals surface area contributed by atoms with Crippen molar-refractivity contribution in [2.45, 2.75) is 39.7 Å². The van der Waals surface area contributed by atoms with Gasteiger partial charge in [0.2, 0.25) is 0 Å². The molecule has 0 saturated carbocycles. The van der Waals surface area contributed by atoms with Crippen LogP contribution in [0, 0.1) is 6.92 Å². The highest BCUT2D eigenvalue weighted by molar-refractivity contribution is 9.09. The van der Waals surface area contributed by atoms with Crippen LogP contribution in [0.2, 0.25) is 5.02 Å². The van der Waals surface area contributed by atoms with E-state index in [1.165, 1.54) is 0 Å². The van der Waals surface area contributed by atoms with Gasteiger partial charge in [0, 0.05) is 28.5 Å². The van der Waals surface area contributed by atoms with Crippen LogP contribution in [0.15, 0.2) is 18.2 Å². The first-order valence-electron chi connectivity index (χ1n) is 6.68. The number of carbonyl (C=O) groups is 1. The van der Waals surface area contributed by atoms with E-state index in [9.17, 15) is 4.79 Å². The standard InChI is InChI=1S/C15H21BrClNO/c1-4-13(5-2)18(9-8-16)15(19)12-6-7-14(17)11(3)10-12/h6-7,10,13H,4-5,8-9H2,1-3H3. The predicted octanol–water partition coefficient (Wildman–Crippen LogP) is 4.67. The van der Waals surface area contributed by atoms with Crippen LogP contribution >= 0.6 is 27.5 Å². The highest BCUT2D eigenvalue weighted by atomic mass is 79.9. The molecule has 0 aliphatic rings. The summed E-state index contributed by atoms with van der Waals surface area (Å²) < 4.78 is 0. The zero-order chi connectivity index (χ0) is 14.4. The maximum atomic E-state index is 12.6. The lowest BCUT2D eigenvalue weighted by atomic mass is 10.1. The molecule has 0 saturated heterocycles. The minimum absolute atomic E-state index is 0.0907. The molecule has 0 aromatic heterocycles. The molecule has 0 heterocycles. The summed E-state index contributed by atoms with van der Waals surface area (Å²) in [5, 5.41) is 1.49. The molecule has 4 heteroatoms. The second kappa shape index (κ2) is 7.91. The SMILES string of the molecule is CCC(CC)N(CCBr)C(=O)c1ccc(Cl)c(C)c1. The number of hydrogen-bond acceptors (Lipinski definition) is 1. The molecule has 0 unspecified atom stereocenters. The number of rotatable bonds is 6. The van der Waals surface area contributed by atoms with Gasteiger partial charge in [-0.05, 0) is 43.5 Å². The molecule has 0 spiro atoms. The number of aryl methyl sites for hydroxylation is 1. The first-order chi connectivity index (χ1) is 9.04. The van der Waals surface area contributed by atoms with Crippen molar-refractivity contribution in [3.63, 3.8) is 0 Å². The van der Waals surface area contributed by atoms with E-state index in [4.69, 9.17) is 11.6 Å². The maximum absolute atomic E-state index is 12.6. The molecule has 1 rings (SSSR count). The Bertz CT molecular complexity index is 432. The van der Waals surface area contributed by atoms with Crippen molar-refractivity contribution in [1.29, 1.82) is 0 Å². The van der Waals surface area contributed by atoms with Crippen molar-refractivity contribution in [1.82, 2.24) is 4.90 Å². The first-order valence-corrected chi connectivity index (χ1v) is 8.18. The second-order valence-corrected chi connectivity index (χ2v) is 5.82. The van der Waals surface area contributed by atoms with Gasteiger partial charge in [-0.25, -0.2) is 0 Å². The van der Waals surface area contributed by atoms with Crippen LogP contribution in [0.5, 0.6) is 0 Å². The number of amides is 1. The summed E-state index contributed by atoms with van der Waals surface area (Å²) in [5.41, 5.74) is 1.66. The molecule has 0 fully saturated rings. The fraction of sp³-hybridized carbons (Fsp3) is 0.533. The van der Waals surface area contributed by atoms with Crippen molar-refractivity contribution >= 4 is 33.4 Å². The average molecular weight is 347 g/mol. The molecule has 1 aromatic carbocycles. The molecule has 2 nitrogen and oxygen atoms in total. The molecule has 106 valence electrons. The minimum Gasteiger partial charge on any atom is -0.335 e. The van der Waals surface area contributed by atoms with Gasteiger partial charge in [-0.1, -0.05) is 41.4 Å². The molecular weight excluding hydrogens is 326 g/mol. The van der Waals surface area contributed by atoms with Gasteiger partial charge in [0.15, 0.2) is 0 Å². The molecule has 0 atom stereocenters. The normalized spacial score (nSPS) is 10.8. The lowest BCUT2D eigenvalue weighted by molar-refractivity contribution is 0.0683. The number of hydrogen-bond donors (Lipinski definition) is 0. The largest absolute Gasteiger partial charge is 0.335 e. The van der Waals surface area contributed by atoms with Crippen LogP contribution in [0.3, 0.4) is 0 Å². The number of benzene rings is 1. The quantitative estimate of drug-likeness (QED) is 0.685. The third-order valence-corrected chi connectivity index (χ3v) is 4.15. The molecule has 19 heavy (non-hydrogen) atoms. The second-order valence-electron chi connectivity index (χ2n) is 4.62. The van der Waals surface area contributed by atoms with Gasteiger partial charge in [0.1, 0.15) is 0 Å². The van der Waals surface area contributed by atoms with Gasteiger partial charge in [-0.2, -0.15) is 0 Å². The lowest BCUT2D eigenvalue weighted by Gasteiger charge is -2.30. The fourth-order valence-electron chi connectivity index (χ4n) is 2.21. The van der Waals surface area contributed by atoms with E-state index >= 15 is 0 Å². The Hall–Kier alpha value is -0.540. The molecule has 0 radical (unpaired) electrons. The Kier molecular flexibility index (Phi) is 6.87. The maximum Gasteiger partial charge on any atom is 0.254 e. The average Bonchev–Trinajstić information content (AvgIpc) is 2.41. The van der Waals surface area contributed by atoms with Crippen LogP contribution < -0.4 is 0 Å². The van der Waals surface area contributed by atoms with E-state index in [-0.39, 0.29) is 5.91 Å². The summed E-state index contributed by atoms with van der Waals surface area (Å²) in [4.78, 5) is 14.6. The molecule has 0 aliphatic heterocycles. The monoisotopic (exact) mass is 345 g/mol. The van der Waals surface area contributed by atoms with Gasteiger partial charge in [0.05, 0.1) is 0 Å². The van der Waals surface area contributed by atoms with Gasteiger partial charge in [0.25, 0.3) is 5.91 Å². The van der Waals surface area contributed by atoms with Gasteiger partial charge in [-0.15, -0.1) is 0 Å². The molecule has 1 aromatic rings. The van der Waals surface area contributed by atoms with Crippen molar-refractivity contribution in [3.8, 4) is 0 Å². The Morgan fingerprint density at radius 3 is 2.47 bits per heavy atom. The summed E-state index contributed by atoms with van der Waals surface area (Å²) >= 11 is 9.44. The number of alkyl halides is 1. The Morgan fingerprint density at radius 2 is 2.00 bits per heavy atom. The lowest BCUT2D eigenvalue weighted by Crippen LogP contribution is -2.41. The molecule has 1 amide bonds. The van der Waals surface area contributed by atoms with E-state index in [0.717, 1.165) is 35.8 Å². The highest BCUT2D eigenvalue weighted by Gasteiger charge is 2.22. The van der Waals surface area contributed by atoms with Crippen LogP contribution in [0.25, 0.3) is 0 Å². The van der Waals surface area contributed by atoms with Crippen molar-refractivity contribution in [3.05, 3.63) is 34.3 Å². The van der Waals surface area contributed by atoms with Crippen LogP contribution in [-0.4, -0.2) is 28.7 Å². The smallest absolute Gasteiger partial charge is 0.254 e.